The van der Waals surface area contributed by atoms with Crippen LogP contribution in [0.4, 0.5) is 0 Å². The molecule has 2 atom stereocenters. The SMILES string of the molecule is CC1CC(O)(Cc2ccc(Br)cn2)CN1C. The van der Waals surface area contributed by atoms with Gasteiger partial charge in [-0.05, 0) is 48.5 Å². The van der Waals surface area contributed by atoms with E-state index in [2.05, 4.69) is 39.8 Å². The van der Waals surface area contributed by atoms with Crippen LogP contribution < -0.4 is 0 Å². The number of nitrogens with zero attached hydrogens (tertiary/aromatic N) is 2. The average Bonchev–Trinajstić information content (AvgIpc) is 2.45. The van der Waals surface area contributed by atoms with Crippen LogP contribution in [0.1, 0.15) is 19.0 Å². The number of hydrogen-bond acceptors (Lipinski definition) is 3. The smallest absolute Gasteiger partial charge is 0.0844 e. The number of hydrogen-bond donors (Lipinski definition) is 1. The molecule has 1 saturated heterocycles. The molecule has 16 heavy (non-hydrogen) atoms. The van der Waals surface area contributed by atoms with Gasteiger partial charge >= 0.3 is 0 Å². The zero-order valence-corrected chi connectivity index (χ0v) is 11.2. The molecule has 0 spiro atoms. The maximum atomic E-state index is 10.5. The monoisotopic (exact) mass is 284 g/mol. The lowest BCUT2D eigenvalue weighted by molar-refractivity contribution is 0.0511. The maximum Gasteiger partial charge on any atom is 0.0844 e. The first kappa shape index (κ1) is 12.0. The number of pyridine rings is 1. The molecule has 1 N–H and O–H groups in total. The molecular formula is C12H17BrN2O. The Bertz CT molecular complexity index is 356. The van der Waals surface area contributed by atoms with Gasteiger partial charge in [0.05, 0.1) is 5.60 Å². The fourth-order valence-corrected chi connectivity index (χ4v) is 2.60. The summed E-state index contributed by atoms with van der Waals surface area (Å²) >= 11 is 3.36. The molecule has 1 aromatic heterocycles. The number of aromatic nitrogens is 1. The number of halogens is 1. The maximum absolute atomic E-state index is 10.5. The lowest BCUT2D eigenvalue weighted by Gasteiger charge is -2.21. The normalized spacial score (nSPS) is 30.9. The molecule has 1 aromatic rings. The van der Waals surface area contributed by atoms with Gasteiger partial charge in [0.15, 0.2) is 0 Å². The van der Waals surface area contributed by atoms with Crippen molar-refractivity contribution >= 4 is 15.9 Å². The molecule has 1 aliphatic heterocycles. The van der Waals surface area contributed by atoms with Crippen LogP contribution >= 0.6 is 15.9 Å². The molecule has 4 heteroatoms. The van der Waals surface area contributed by atoms with E-state index in [1.165, 1.54) is 0 Å². The van der Waals surface area contributed by atoms with Crippen molar-refractivity contribution in [3.63, 3.8) is 0 Å². The lowest BCUT2D eigenvalue weighted by Crippen LogP contribution is -2.34. The summed E-state index contributed by atoms with van der Waals surface area (Å²) in [6.45, 7) is 2.87. The van der Waals surface area contributed by atoms with E-state index in [0.717, 1.165) is 23.1 Å². The molecular weight excluding hydrogens is 268 g/mol. The zero-order chi connectivity index (χ0) is 11.8. The number of likely N-dealkylation sites (N-methyl/N-ethyl adjacent to an activating group) is 1. The second-order valence-electron chi connectivity index (χ2n) is 4.84. The fraction of sp³-hybridized carbons (Fsp3) is 0.583. The highest BCUT2D eigenvalue weighted by atomic mass is 79.9. The fourth-order valence-electron chi connectivity index (χ4n) is 2.37. The molecule has 88 valence electrons. The minimum Gasteiger partial charge on any atom is -0.388 e. The lowest BCUT2D eigenvalue weighted by atomic mass is 9.94. The van der Waals surface area contributed by atoms with E-state index in [1.54, 1.807) is 6.20 Å². The molecule has 0 saturated carbocycles. The molecule has 0 amide bonds. The Labute approximate surface area is 105 Å². The first-order valence-electron chi connectivity index (χ1n) is 5.52. The minimum atomic E-state index is -0.616. The van der Waals surface area contributed by atoms with Crippen molar-refractivity contribution in [2.75, 3.05) is 13.6 Å². The van der Waals surface area contributed by atoms with E-state index in [4.69, 9.17) is 0 Å². The van der Waals surface area contributed by atoms with Crippen LogP contribution in [0, 0.1) is 0 Å². The Kier molecular flexibility index (Phi) is 3.33. The van der Waals surface area contributed by atoms with Crippen LogP contribution in [0.3, 0.4) is 0 Å². The van der Waals surface area contributed by atoms with Crippen molar-refractivity contribution in [3.05, 3.63) is 28.5 Å². The third-order valence-corrected chi connectivity index (χ3v) is 3.74. The Morgan fingerprint density at radius 3 is 2.88 bits per heavy atom. The van der Waals surface area contributed by atoms with Crippen molar-refractivity contribution in [1.29, 1.82) is 0 Å². The molecule has 2 rings (SSSR count). The van der Waals surface area contributed by atoms with Gasteiger partial charge in [-0.3, -0.25) is 4.98 Å². The molecule has 0 aromatic carbocycles. The van der Waals surface area contributed by atoms with Crippen molar-refractivity contribution < 1.29 is 5.11 Å². The molecule has 1 aliphatic rings. The molecule has 0 aliphatic carbocycles. The van der Waals surface area contributed by atoms with Crippen molar-refractivity contribution in [2.45, 2.75) is 31.4 Å². The van der Waals surface area contributed by atoms with Gasteiger partial charge in [0, 0.05) is 35.4 Å². The Balaban J connectivity index is 2.07. The molecule has 0 bridgehead atoms. The van der Waals surface area contributed by atoms with Crippen LogP contribution in [0.2, 0.25) is 0 Å². The summed E-state index contributed by atoms with van der Waals surface area (Å²) in [6.07, 6.45) is 3.23. The van der Waals surface area contributed by atoms with E-state index in [1.807, 2.05) is 12.1 Å². The Morgan fingerprint density at radius 1 is 1.62 bits per heavy atom. The van der Waals surface area contributed by atoms with E-state index < -0.39 is 5.60 Å². The number of β-amino-alcohol motifs (C(OH)–C–C–N with tert-alkyl or cyclic N) is 1. The van der Waals surface area contributed by atoms with E-state index >= 15 is 0 Å². The quantitative estimate of drug-likeness (QED) is 0.900. The third-order valence-electron chi connectivity index (χ3n) is 3.27. The largest absolute Gasteiger partial charge is 0.388 e. The van der Waals surface area contributed by atoms with Gasteiger partial charge in [0.2, 0.25) is 0 Å². The van der Waals surface area contributed by atoms with E-state index in [0.29, 0.717) is 12.5 Å². The summed E-state index contributed by atoms with van der Waals surface area (Å²) in [4.78, 5) is 6.50. The number of aliphatic hydroxyl groups is 1. The third kappa shape index (κ3) is 2.62. The molecule has 2 unspecified atom stereocenters. The Morgan fingerprint density at radius 2 is 2.38 bits per heavy atom. The van der Waals surface area contributed by atoms with Gasteiger partial charge in [0.25, 0.3) is 0 Å². The highest BCUT2D eigenvalue weighted by molar-refractivity contribution is 9.10. The molecule has 0 radical (unpaired) electrons. The second-order valence-corrected chi connectivity index (χ2v) is 5.75. The Hall–Kier alpha value is -0.450. The van der Waals surface area contributed by atoms with Crippen LogP contribution in [-0.4, -0.2) is 40.2 Å². The molecule has 2 heterocycles. The highest BCUT2D eigenvalue weighted by Gasteiger charge is 2.39. The van der Waals surface area contributed by atoms with Crippen LogP contribution in [-0.2, 0) is 6.42 Å². The first-order chi connectivity index (χ1) is 7.48. The van der Waals surface area contributed by atoms with Crippen LogP contribution in [0.25, 0.3) is 0 Å². The second kappa shape index (κ2) is 4.43. The van der Waals surface area contributed by atoms with Gasteiger partial charge < -0.3 is 10.0 Å². The highest BCUT2D eigenvalue weighted by Crippen LogP contribution is 2.28. The van der Waals surface area contributed by atoms with Crippen LogP contribution in [0.5, 0.6) is 0 Å². The summed E-state index contributed by atoms with van der Waals surface area (Å²) in [5.74, 6) is 0. The van der Waals surface area contributed by atoms with Gasteiger partial charge in [0.1, 0.15) is 0 Å². The predicted molar refractivity (Wildman–Crippen MR) is 67.3 cm³/mol. The zero-order valence-electron chi connectivity index (χ0n) is 9.65. The number of likely N-dealkylation sites (tertiary alicyclic amines) is 1. The summed E-state index contributed by atoms with van der Waals surface area (Å²) in [7, 11) is 2.05. The standard InChI is InChI=1S/C12H17BrN2O/c1-9-5-12(16,8-15(9)2)6-11-4-3-10(13)7-14-11/h3-4,7,9,16H,5-6,8H2,1-2H3. The summed E-state index contributed by atoms with van der Waals surface area (Å²) in [6, 6.07) is 4.37. The van der Waals surface area contributed by atoms with E-state index in [-0.39, 0.29) is 0 Å². The van der Waals surface area contributed by atoms with E-state index in [9.17, 15) is 5.11 Å². The topological polar surface area (TPSA) is 36.4 Å². The molecule has 1 fully saturated rings. The minimum absolute atomic E-state index is 0.445. The predicted octanol–water partition coefficient (Wildman–Crippen LogP) is 1.84. The summed E-state index contributed by atoms with van der Waals surface area (Å²) in [5, 5.41) is 10.5. The molecule has 3 nitrogen and oxygen atoms in total. The summed E-state index contributed by atoms with van der Waals surface area (Å²) < 4.78 is 0.972. The van der Waals surface area contributed by atoms with Crippen LogP contribution in [0.15, 0.2) is 22.8 Å². The number of rotatable bonds is 2. The first-order valence-corrected chi connectivity index (χ1v) is 6.31. The van der Waals surface area contributed by atoms with Crippen molar-refractivity contribution in [1.82, 2.24) is 9.88 Å². The van der Waals surface area contributed by atoms with Crippen molar-refractivity contribution in [3.8, 4) is 0 Å². The average molecular weight is 285 g/mol. The van der Waals surface area contributed by atoms with Gasteiger partial charge in [-0.25, -0.2) is 0 Å². The summed E-state index contributed by atoms with van der Waals surface area (Å²) in [5.41, 5.74) is 0.336. The van der Waals surface area contributed by atoms with Gasteiger partial charge in [-0.2, -0.15) is 0 Å². The van der Waals surface area contributed by atoms with Gasteiger partial charge in [-0.15, -0.1) is 0 Å². The van der Waals surface area contributed by atoms with Gasteiger partial charge in [-0.1, -0.05) is 0 Å². The van der Waals surface area contributed by atoms with Crippen molar-refractivity contribution in [2.24, 2.45) is 0 Å².